The molecule has 0 bridgehead atoms. The molecule has 4 nitrogen and oxygen atoms in total. The minimum atomic E-state index is -4.58. The highest BCUT2D eigenvalue weighted by Gasteiger charge is 2.31. The predicted molar refractivity (Wildman–Crippen MR) is 83.9 cm³/mol. The van der Waals surface area contributed by atoms with Crippen LogP contribution in [0.2, 0.25) is 0 Å². The van der Waals surface area contributed by atoms with Crippen LogP contribution < -0.4 is 5.32 Å². The molecule has 26 heavy (non-hydrogen) atoms. The normalized spacial score (nSPS) is 11.8. The molecule has 3 rings (SSSR count). The zero-order valence-corrected chi connectivity index (χ0v) is 13.4. The molecule has 0 aliphatic heterocycles. The Balaban J connectivity index is 2.06. The fraction of sp³-hybridized carbons (Fsp3) is 0.176. The molecule has 0 spiro atoms. The van der Waals surface area contributed by atoms with Crippen molar-refractivity contribution in [2.75, 3.05) is 5.32 Å². The van der Waals surface area contributed by atoms with Gasteiger partial charge >= 0.3 is 6.18 Å². The van der Waals surface area contributed by atoms with Gasteiger partial charge in [0.25, 0.3) is 5.91 Å². The van der Waals surface area contributed by atoms with Gasteiger partial charge in [-0.3, -0.25) is 9.20 Å². The van der Waals surface area contributed by atoms with Gasteiger partial charge in [-0.05, 0) is 30.7 Å². The second kappa shape index (κ2) is 6.40. The van der Waals surface area contributed by atoms with Crippen LogP contribution in [-0.4, -0.2) is 15.3 Å². The topological polar surface area (TPSA) is 46.4 Å². The summed E-state index contributed by atoms with van der Waals surface area (Å²) >= 11 is 0. The van der Waals surface area contributed by atoms with Crippen molar-refractivity contribution in [2.45, 2.75) is 19.5 Å². The number of aryl methyl sites for hydroxylation is 1. The molecule has 1 N–H and O–H groups in total. The lowest BCUT2D eigenvalue weighted by Gasteiger charge is -2.09. The van der Waals surface area contributed by atoms with Gasteiger partial charge in [0.2, 0.25) is 0 Å². The van der Waals surface area contributed by atoms with Crippen LogP contribution in [-0.2, 0) is 12.6 Å². The number of hydrogen-bond acceptors (Lipinski definition) is 2. The third kappa shape index (κ3) is 3.24. The van der Waals surface area contributed by atoms with Gasteiger partial charge in [-0.15, -0.1) is 0 Å². The number of nitrogens with one attached hydrogen (secondary N) is 1. The minimum absolute atomic E-state index is 0.0297. The van der Waals surface area contributed by atoms with Gasteiger partial charge in [0, 0.05) is 18.0 Å². The molecule has 0 aliphatic rings. The Bertz CT molecular complexity index is 994. The molecule has 2 heterocycles. The Morgan fingerprint density at radius 2 is 1.88 bits per heavy atom. The summed E-state index contributed by atoms with van der Waals surface area (Å²) in [6.07, 6.45) is -3.51. The number of anilines is 1. The smallest absolute Gasteiger partial charge is 0.321 e. The number of fused-ring (bicyclic) bond motifs is 1. The van der Waals surface area contributed by atoms with E-state index in [9.17, 15) is 26.7 Å². The van der Waals surface area contributed by atoms with Crippen molar-refractivity contribution >= 4 is 17.2 Å². The minimum Gasteiger partial charge on any atom is -0.321 e. The quantitative estimate of drug-likeness (QED) is 0.694. The van der Waals surface area contributed by atoms with E-state index in [-0.39, 0.29) is 22.7 Å². The molecule has 1 amide bonds. The Morgan fingerprint density at radius 1 is 1.15 bits per heavy atom. The number of pyridine rings is 1. The lowest BCUT2D eigenvalue weighted by molar-refractivity contribution is -0.137. The number of carbonyl (C=O) groups is 1. The third-order valence-corrected chi connectivity index (χ3v) is 3.75. The van der Waals surface area contributed by atoms with Gasteiger partial charge in [0.15, 0.2) is 11.6 Å². The molecule has 0 aliphatic carbocycles. The van der Waals surface area contributed by atoms with Crippen LogP contribution in [0.15, 0.2) is 36.5 Å². The van der Waals surface area contributed by atoms with Crippen molar-refractivity contribution in [1.82, 2.24) is 9.38 Å². The van der Waals surface area contributed by atoms with Gasteiger partial charge in [0.05, 0.1) is 11.3 Å². The van der Waals surface area contributed by atoms with E-state index < -0.39 is 29.3 Å². The number of imidazole rings is 1. The second-order valence-electron chi connectivity index (χ2n) is 5.49. The van der Waals surface area contributed by atoms with Gasteiger partial charge in [-0.25, -0.2) is 13.8 Å². The number of benzene rings is 1. The molecule has 1 aromatic carbocycles. The highest BCUT2D eigenvalue weighted by Crippen LogP contribution is 2.30. The predicted octanol–water partition coefficient (Wildman–Crippen LogP) is 4.45. The maximum Gasteiger partial charge on any atom is 0.417 e. The van der Waals surface area contributed by atoms with Crippen molar-refractivity contribution in [3.05, 3.63) is 65.1 Å². The van der Waals surface area contributed by atoms with E-state index in [1.54, 1.807) is 6.92 Å². The van der Waals surface area contributed by atoms with E-state index in [0.717, 1.165) is 40.9 Å². The van der Waals surface area contributed by atoms with Gasteiger partial charge < -0.3 is 5.32 Å². The summed E-state index contributed by atoms with van der Waals surface area (Å²) in [4.78, 5) is 16.7. The fourth-order valence-electron chi connectivity index (χ4n) is 2.51. The first-order valence-electron chi connectivity index (χ1n) is 7.55. The number of alkyl halides is 3. The molecule has 0 fully saturated rings. The van der Waals surface area contributed by atoms with E-state index in [1.165, 1.54) is 0 Å². The standard InChI is InChI=1S/C17H12F5N3O/c1-2-13-15(16(26)23-10-4-5-11(18)12(19)7-10)25-8-9(17(20,21)22)3-6-14(25)24-13/h3-8H,2H2,1H3,(H,23,26). The van der Waals surface area contributed by atoms with Crippen molar-refractivity contribution < 1.29 is 26.7 Å². The lowest BCUT2D eigenvalue weighted by atomic mass is 10.2. The number of carbonyl (C=O) groups excluding carboxylic acids is 1. The lowest BCUT2D eigenvalue weighted by Crippen LogP contribution is -2.17. The van der Waals surface area contributed by atoms with Crippen molar-refractivity contribution in [3.63, 3.8) is 0 Å². The summed E-state index contributed by atoms with van der Waals surface area (Å²) in [5, 5.41) is 2.35. The van der Waals surface area contributed by atoms with Crippen molar-refractivity contribution in [2.24, 2.45) is 0 Å². The van der Waals surface area contributed by atoms with E-state index in [0.29, 0.717) is 6.42 Å². The van der Waals surface area contributed by atoms with E-state index in [2.05, 4.69) is 10.3 Å². The first-order chi connectivity index (χ1) is 12.2. The summed E-state index contributed by atoms with van der Waals surface area (Å²) in [6.45, 7) is 1.70. The van der Waals surface area contributed by atoms with Crippen LogP contribution in [0.4, 0.5) is 27.6 Å². The first-order valence-corrected chi connectivity index (χ1v) is 7.55. The summed E-state index contributed by atoms with van der Waals surface area (Å²) < 4.78 is 66.2. The SMILES string of the molecule is CCc1nc2ccc(C(F)(F)F)cn2c1C(=O)Nc1ccc(F)c(F)c1. The maximum atomic E-state index is 13.3. The molecule has 0 unspecified atom stereocenters. The summed E-state index contributed by atoms with van der Waals surface area (Å²) in [7, 11) is 0. The third-order valence-electron chi connectivity index (χ3n) is 3.75. The molecule has 0 saturated carbocycles. The summed E-state index contributed by atoms with van der Waals surface area (Å²) in [6, 6.07) is 4.80. The Hall–Kier alpha value is -2.97. The van der Waals surface area contributed by atoms with Crippen LogP contribution in [0.3, 0.4) is 0 Å². The first kappa shape index (κ1) is 17.8. The Morgan fingerprint density at radius 3 is 2.50 bits per heavy atom. The number of rotatable bonds is 3. The molecule has 9 heteroatoms. The highest BCUT2D eigenvalue weighted by atomic mass is 19.4. The molecular weight excluding hydrogens is 357 g/mol. The van der Waals surface area contributed by atoms with Gasteiger partial charge in [-0.2, -0.15) is 13.2 Å². The molecule has 0 saturated heterocycles. The summed E-state index contributed by atoms with van der Waals surface area (Å²) in [5.74, 6) is -3.02. The number of aromatic nitrogens is 2. The molecule has 3 aromatic rings. The second-order valence-corrected chi connectivity index (χ2v) is 5.49. The number of nitrogens with zero attached hydrogens (tertiary/aromatic N) is 2. The fourth-order valence-corrected chi connectivity index (χ4v) is 2.51. The molecule has 2 aromatic heterocycles. The Kier molecular flexibility index (Phi) is 4.39. The van der Waals surface area contributed by atoms with E-state index in [4.69, 9.17) is 0 Å². The number of amides is 1. The Labute approximate surface area is 144 Å². The zero-order valence-electron chi connectivity index (χ0n) is 13.4. The molecule has 0 atom stereocenters. The van der Waals surface area contributed by atoms with Gasteiger partial charge in [0.1, 0.15) is 11.3 Å². The average Bonchev–Trinajstić information content (AvgIpc) is 2.95. The molecular formula is C17H12F5N3O. The average molecular weight is 369 g/mol. The molecule has 0 radical (unpaired) electrons. The zero-order chi connectivity index (χ0) is 19.1. The largest absolute Gasteiger partial charge is 0.417 e. The number of halogens is 5. The van der Waals surface area contributed by atoms with Crippen molar-refractivity contribution in [1.29, 1.82) is 0 Å². The molecule has 136 valence electrons. The maximum absolute atomic E-state index is 13.3. The number of hydrogen-bond donors (Lipinski definition) is 1. The van der Waals surface area contributed by atoms with Crippen LogP contribution in [0.1, 0.15) is 28.7 Å². The van der Waals surface area contributed by atoms with E-state index in [1.807, 2.05) is 0 Å². The van der Waals surface area contributed by atoms with Crippen LogP contribution in [0, 0.1) is 11.6 Å². The monoisotopic (exact) mass is 369 g/mol. The van der Waals surface area contributed by atoms with E-state index >= 15 is 0 Å². The van der Waals surface area contributed by atoms with Crippen LogP contribution >= 0.6 is 0 Å². The van der Waals surface area contributed by atoms with Gasteiger partial charge in [-0.1, -0.05) is 6.92 Å². The highest BCUT2D eigenvalue weighted by molar-refractivity contribution is 6.04. The van der Waals surface area contributed by atoms with Crippen LogP contribution in [0.25, 0.3) is 5.65 Å². The summed E-state index contributed by atoms with van der Waals surface area (Å²) in [5.41, 5.74) is -0.613. The van der Waals surface area contributed by atoms with Crippen LogP contribution in [0.5, 0.6) is 0 Å². The van der Waals surface area contributed by atoms with Crippen molar-refractivity contribution in [3.8, 4) is 0 Å².